The molecule has 0 heterocycles. The Morgan fingerprint density at radius 2 is 1.94 bits per heavy atom. The van der Waals surface area contributed by atoms with Crippen molar-refractivity contribution in [1.29, 1.82) is 0 Å². The Morgan fingerprint density at radius 3 is 2.33 bits per heavy atom. The normalized spacial score (nSPS) is 41.0. The van der Waals surface area contributed by atoms with E-state index in [4.69, 9.17) is 27.9 Å². The number of hydrogen-bond acceptors (Lipinski definition) is 1. The van der Waals surface area contributed by atoms with E-state index in [-0.39, 0.29) is 10.9 Å². The SMILES string of the molecule is CC1(C)C2CCC1(C)C(OC(CCl)C(Br)CCl)C2. The number of halogens is 3. The van der Waals surface area contributed by atoms with Gasteiger partial charge >= 0.3 is 0 Å². The van der Waals surface area contributed by atoms with Gasteiger partial charge in [0.25, 0.3) is 0 Å². The Hall–Kier alpha value is 1.02. The van der Waals surface area contributed by atoms with Crippen LogP contribution in [0.3, 0.4) is 0 Å². The molecule has 2 saturated carbocycles. The third kappa shape index (κ3) is 2.25. The van der Waals surface area contributed by atoms with Crippen molar-refractivity contribution in [3.63, 3.8) is 0 Å². The molecule has 2 rings (SSSR count). The molecule has 0 aliphatic heterocycles. The van der Waals surface area contributed by atoms with Gasteiger partial charge in [-0.25, -0.2) is 0 Å². The predicted molar refractivity (Wildman–Crippen MR) is 82.0 cm³/mol. The molecule has 0 aromatic carbocycles. The molecule has 5 atom stereocenters. The highest BCUT2D eigenvalue weighted by Crippen LogP contribution is 2.66. The molecule has 0 N–H and O–H groups in total. The van der Waals surface area contributed by atoms with Gasteiger partial charge in [0, 0.05) is 11.8 Å². The zero-order chi connectivity index (χ0) is 13.6. The van der Waals surface area contributed by atoms with Crippen molar-refractivity contribution >= 4 is 39.1 Å². The second-order valence-electron chi connectivity index (χ2n) is 6.60. The molecule has 106 valence electrons. The van der Waals surface area contributed by atoms with Crippen LogP contribution in [0.1, 0.15) is 40.0 Å². The molecule has 2 aliphatic rings. The van der Waals surface area contributed by atoms with Gasteiger partial charge in [0.1, 0.15) is 0 Å². The molecule has 2 aliphatic carbocycles. The van der Waals surface area contributed by atoms with Crippen LogP contribution in [0.2, 0.25) is 0 Å². The zero-order valence-corrected chi connectivity index (χ0v) is 14.5. The van der Waals surface area contributed by atoms with E-state index >= 15 is 0 Å². The van der Waals surface area contributed by atoms with Gasteiger partial charge in [0.05, 0.1) is 17.0 Å². The maximum absolute atomic E-state index is 6.32. The third-order valence-corrected chi connectivity index (χ3v) is 7.68. The standard InChI is InChI=1S/C14H23BrCl2O/c1-13(2)9-4-5-14(13,3)12(6-9)18-11(8-17)10(15)7-16/h9-12H,4-8H2,1-3H3. The zero-order valence-electron chi connectivity index (χ0n) is 11.4. The molecule has 0 radical (unpaired) electrons. The first kappa shape index (κ1) is 15.4. The summed E-state index contributed by atoms with van der Waals surface area (Å²) in [6.07, 6.45) is 4.15. The van der Waals surface area contributed by atoms with E-state index in [1.165, 1.54) is 19.3 Å². The van der Waals surface area contributed by atoms with Crippen LogP contribution >= 0.6 is 39.1 Å². The highest BCUT2D eigenvalue weighted by molar-refractivity contribution is 9.09. The summed E-state index contributed by atoms with van der Waals surface area (Å²) >= 11 is 15.5. The van der Waals surface area contributed by atoms with E-state index in [0.29, 0.717) is 28.7 Å². The molecule has 0 aromatic heterocycles. The van der Waals surface area contributed by atoms with Gasteiger partial charge in [0.15, 0.2) is 0 Å². The Balaban J connectivity index is 2.08. The molecular weight excluding hydrogens is 335 g/mol. The summed E-state index contributed by atoms with van der Waals surface area (Å²) in [7, 11) is 0. The van der Waals surface area contributed by atoms with Gasteiger partial charge in [-0.05, 0) is 36.0 Å². The number of rotatable bonds is 5. The van der Waals surface area contributed by atoms with Crippen LogP contribution in [0.15, 0.2) is 0 Å². The summed E-state index contributed by atoms with van der Waals surface area (Å²) in [6, 6.07) is 0. The molecular formula is C14H23BrCl2O. The number of hydrogen-bond donors (Lipinski definition) is 0. The van der Waals surface area contributed by atoms with Crippen molar-refractivity contribution in [1.82, 2.24) is 0 Å². The molecule has 1 nitrogen and oxygen atoms in total. The first-order valence-corrected chi connectivity index (χ1v) is 8.76. The first-order chi connectivity index (χ1) is 8.36. The molecule has 0 spiro atoms. The Kier molecular flexibility index (Phi) is 4.64. The maximum Gasteiger partial charge on any atom is 0.0850 e. The minimum absolute atomic E-state index is 0.0149. The lowest BCUT2D eigenvalue weighted by Crippen LogP contribution is -2.42. The van der Waals surface area contributed by atoms with Crippen LogP contribution in [0.5, 0.6) is 0 Å². The molecule has 4 heteroatoms. The maximum atomic E-state index is 6.32. The number of fused-ring (bicyclic) bond motifs is 2. The largest absolute Gasteiger partial charge is 0.372 e. The first-order valence-electron chi connectivity index (χ1n) is 6.78. The van der Waals surface area contributed by atoms with Gasteiger partial charge in [-0.3, -0.25) is 0 Å². The van der Waals surface area contributed by atoms with Crippen molar-refractivity contribution in [2.75, 3.05) is 11.8 Å². The molecule has 0 amide bonds. The second kappa shape index (κ2) is 5.42. The smallest absolute Gasteiger partial charge is 0.0850 e. The lowest BCUT2D eigenvalue weighted by molar-refractivity contribution is -0.0771. The summed E-state index contributed by atoms with van der Waals surface area (Å²) < 4.78 is 6.32. The Morgan fingerprint density at radius 1 is 1.28 bits per heavy atom. The molecule has 0 aromatic rings. The fraction of sp³-hybridized carbons (Fsp3) is 1.00. The highest BCUT2D eigenvalue weighted by atomic mass is 79.9. The molecule has 5 unspecified atom stereocenters. The quantitative estimate of drug-likeness (QED) is 0.640. The fourth-order valence-corrected chi connectivity index (χ4v) is 4.88. The van der Waals surface area contributed by atoms with Crippen LogP contribution in [0, 0.1) is 16.7 Å². The highest BCUT2D eigenvalue weighted by Gasteiger charge is 2.62. The molecule has 0 saturated heterocycles. The minimum atomic E-state index is 0.0149. The van der Waals surface area contributed by atoms with Gasteiger partial charge in [0.2, 0.25) is 0 Å². The van der Waals surface area contributed by atoms with Crippen LogP contribution in [0.25, 0.3) is 0 Å². The lowest BCUT2D eigenvalue weighted by Gasteiger charge is -2.40. The van der Waals surface area contributed by atoms with E-state index in [1.54, 1.807) is 0 Å². The third-order valence-electron chi connectivity index (χ3n) is 5.76. The van der Waals surface area contributed by atoms with Gasteiger partial charge in [-0.1, -0.05) is 36.7 Å². The average molecular weight is 358 g/mol. The van der Waals surface area contributed by atoms with Crippen LogP contribution in [0.4, 0.5) is 0 Å². The van der Waals surface area contributed by atoms with E-state index in [0.717, 1.165) is 5.92 Å². The molecule has 2 bridgehead atoms. The average Bonchev–Trinajstić information content (AvgIpc) is 2.67. The van der Waals surface area contributed by atoms with Crippen molar-refractivity contribution in [2.45, 2.75) is 57.1 Å². The van der Waals surface area contributed by atoms with Crippen molar-refractivity contribution < 1.29 is 4.74 Å². The van der Waals surface area contributed by atoms with E-state index in [1.807, 2.05) is 0 Å². The van der Waals surface area contributed by atoms with Crippen molar-refractivity contribution in [3.05, 3.63) is 0 Å². The topological polar surface area (TPSA) is 9.23 Å². The second-order valence-corrected chi connectivity index (χ2v) is 8.39. The van der Waals surface area contributed by atoms with Gasteiger partial charge < -0.3 is 4.74 Å². The summed E-state index contributed by atoms with van der Waals surface area (Å²) in [6.45, 7) is 7.19. The Bertz CT molecular complexity index is 310. The minimum Gasteiger partial charge on any atom is -0.372 e. The van der Waals surface area contributed by atoms with E-state index < -0.39 is 0 Å². The Labute approximate surface area is 129 Å². The number of ether oxygens (including phenoxy) is 1. The van der Waals surface area contributed by atoms with Crippen LogP contribution in [-0.4, -0.2) is 28.8 Å². The monoisotopic (exact) mass is 356 g/mol. The lowest BCUT2D eigenvalue weighted by atomic mass is 9.70. The summed E-state index contributed by atoms with van der Waals surface area (Å²) in [5, 5.41) is 0. The summed E-state index contributed by atoms with van der Waals surface area (Å²) in [5.74, 6) is 1.83. The molecule has 18 heavy (non-hydrogen) atoms. The van der Waals surface area contributed by atoms with Crippen molar-refractivity contribution in [3.8, 4) is 0 Å². The van der Waals surface area contributed by atoms with Crippen LogP contribution < -0.4 is 0 Å². The summed E-state index contributed by atoms with van der Waals surface area (Å²) in [4.78, 5) is 0.141. The predicted octanol–water partition coefficient (Wildman–Crippen LogP) is 4.83. The number of alkyl halides is 3. The van der Waals surface area contributed by atoms with E-state index in [2.05, 4.69) is 36.7 Å². The van der Waals surface area contributed by atoms with E-state index in [9.17, 15) is 0 Å². The van der Waals surface area contributed by atoms with Gasteiger partial charge in [-0.15, -0.1) is 23.2 Å². The summed E-state index contributed by atoms with van der Waals surface area (Å²) in [5.41, 5.74) is 0.679. The molecule has 2 fully saturated rings. The van der Waals surface area contributed by atoms with Crippen molar-refractivity contribution in [2.24, 2.45) is 16.7 Å². The van der Waals surface area contributed by atoms with Gasteiger partial charge in [-0.2, -0.15) is 0 Å². The fourth-order valence-electron chi connectivity index (χ4n) is 3.86. The van der Waals surface area contributed by atoms with Crippen LogP contribution in [-0.2, 0) is 4.74 Å².